The quantitative estimate of drug-likeness (QED) is 0.0232. The fourth-order valence-electron chi connectivity index (χ4n) is 8.48. The Morgan fingerprint density at radius 3 is 1.32 bits per heavy atom. The molecule has 0 aromatic carbocycles. The molecule has 1 aliphatic rings. The van der Waals surface area contributed by atoms with Crippen molar-refractivity contribution in [3.05, 3.63) is 48.6 Å². The highest BCUT2D eigenvalue weighted by Crippen LogP contribution is 2.23. The lowest BCUT2D eigenvalue weighted by Crippen LogP contribution is -2.60. The molecular weight excluding hydrogens is 831 g/mol. The van der Waals surface area contributed by atoms with Crippen molar-refractivity contribution >= 4 is 5.91 Å². The summed E-state index contributed by atoms with van der Waals surface area (Å²) in [5, 5.41) is 64.9. The molecule has 10 heteroatoms. The molecule has 8 unspecified atom stereocenters. The number of hydrogen-bond donors (Lipinski definition) is 7. The molecule has 0 aliphatic carbocycles. The number of rotatable bonds is 46. The molecule has 1 saturated heterocycles. The van der Waals surface area contributed by atoms with Gasteiger partial charge in [0.1, 0.15) is 30.5 Å². The Morgan fingerprint density at radius 1 is 0.515 bits per heavy atom. The van der Waals surface area contributed by atoms with Gasteiger partial charge in [-0.1, -0.05) is 217 Å². The maximum atomic E-state index is 13.1. The Bertz CT molecular complexity index is 1190. The molecule has 0 aromatic rings. The highest BCUT2D eigenvalue weighted by atomic mass is 16.7. The second-order valence-corrected chi connectivity index (χ2v) is 19.1. The van der Waals surface area contributed by atoms with E-state index >= 15 is 0 Å². The van der Waals surface area contributed by atoms with Crippen LogP contribution in [0.15, 0.2) is 48.6 Å². The lowest BCUT2D eigenvalue weighted by atomic mass is 9.99. The SMILES string of the molecule is CCCCCCCCC/C=C/CC/C=C/CC/C=C/C(O)C(COC1OC(CO)C(O)C(O)C1O)NC(=O)C(O)CCCCCCCCCC/C=C\CCCCCCCCCCCCCC. The van der Waals surface area contributed by atoms with E-state index in [9.17, 15) is 35.4 Å². The van der Waals surface area contributed by atoms with Gasteiger partial charge < -0.3 is 45.4 Å². The van der Waals surface area contributed by atoms with Gasteiger partial charge in [0.2, 0.25) is 5.91 Å². The first-order valence-electron chi connectivity index (χ1n) is 27.5. The maximum absolute atomic E-state index is 13.1. The first-order chi connectivity index (χ1) is 32.3. The maximum Gasteiger partial charge on any atom is 0.249 e. The third-order valence-corrected chi connectivity index (χ3v) is 13.0. The molecule has 386 valence electrons. The molecule has 7 N–H and O–H groups in total. The summed E-state index contributed by atoms with van der Waals surface area (Å²) in [5.41, 5.74) is 0. The van der Waals surface area contributed by atoms with Gasteiger partial charge in [-0.2, -0.15) is 0 Å². The number of aliphatic hydroxyl groups is 6. The topological polar surface area (TPSA) is 169 Å². The molecule has 1 heterocycles. The normalized spacial score (nSPS) is 20.6. The van der Waals surface area contributed by atoms with Crippen molar-refractivity contribution in [2.75, 3.05) is 13.2 Å². The highest BCUT2D eigenvalue weighted by molar-refractivity contribution is 5.80. The summed E-state index contributed by atoms with van der Waals surface area (Å²) in [6, 6.07) is -1.01. The van der Waals surface area contributed by atoms with Gasteiger partial charge in [-0.05, 0) is 70.6 Å². The lowest BCUT2D eigenvalue weighted by molar-refractivity contribution is -0.302. The van der Waals surface area contributed by atoms with Crippen LogP contribution in [-0.4, -0.2) is 98.7 Å². The molecule has 10 nitrogen and oxygen atoms in total. The third-order valence-electron chi connectivity index (χ3n) is 13.0. The standard InChI is InChI=1S/C56H103NO9/c1-3-5-7-9-11-13-15-17-19-21-22-23-24-25-26-27-29-31-33-35-37-39-41-43-45-50(60)55(64)57-48(47-65-56-54(63)53(62)52(61)51(46-58)66-56)49(59)44-42-40-38-36-34-32-30-28-20-18-16-14-12-10-8-6-4-2/h20,25-26,28,34,36,42,44,48-54,56,58-63H,3-19,21-24,27,29-33,35,37-41,43,45-47H2,1-2H3,(H,57,64)/b26-25-,28-20+,36-34+,44-42+. The average molecular weight is 934 g/mol. The molecule has 8 atom stereocenters. The van der Waals surface area contributed by atoms with E-state index in [0.29, 0.717) is 19.3 Å². The van der Waals surface area contributed by atoms with Crippen molar-refractivity contribution in [1.82, 2.24) is 5.32 Å². The number of hydrogen-bond acceptors (Lipinski definition) is 9. The van der Waals surface area contributed by atoms with Crippen molar-refractivity contribution in [3.8, 4) is 0 Å². The van der Waals surface area contributed by atoms with Crippen LogP contribution in [0.5, 0.6) is 0 Å². The fourth-order valence-corrected chi connectivity index (χ4v) is 8.48. The van der Waals surface area contributed by atoms with Crippen LogP contribution in [-0.2, 0) is 14.3 Å². The first-order valence-corrected chi connectivity index (χ1v) is 27.5. The van der Waals surface area contributed by atoms with Crippen LogP contribution < -0.4 is 5.32 Å². The van der Waals surface area contributed by atoms with E-state index in [4.69, 9.17) is 9.47 Å². The van der Waals surface area contributed by atoms with Crippen LogP contribution >= 0.6 is 0 Å². The number of unbranched alkanes of at least 4 members (excludes halogenated alkanes) is 29. The zero-order chi connectivity index (χ0) is 48.1. The summed E-state index contributed by atoms with van der Waals surface area (Å²) in [6.45, 7) is 3.60. The minimum Gasteiger partial charge on any atom is -0.394 e. The summed E-state index contributed by atoms with van der Waals surface area (Å²) in [5.74, 6) is -0.632. The third kappa shape index (κ3) is 34.4. The lowest BCUT2D eigenvalue weighted by Gasteiger charge is -2.40. The van der Waals surface area contributed by atoms with E-state index in [1.165, 1.54) is 161 Å². The Labute approximate surface area is 404 Å². The molecule has 1 amide bonds. The number of allylic oxidation sites excluding steroid dienone is 7. The number of aliphatic hydroxyl groups excluding tert-OH is 6. The van der Waals surface area contributed by atoms with Gasteiger partial charge >= 0.3 is 0 Å². The smallest absolute Gasteiger partial charge is 0.249 e. The molecular formula is C56H103NO9. The molecule has 1 rings (SSSR count). The largest absolute Gasteiger partial charge is 0.394 e. The number of carbonyl (C=O) groups is 1. The first kappa shape index (κ1) is 62.1. The number of ether oxygens (including phenoxy) is 2. The van der Waals surface area contributed by atoms with Gasteiger partial charge in [0.15, 0.2) is 6.29 Å². The van der Waals surface area contributed by atoms with Gasteiger partial charge in [0, 0.05) is 0 Å². The Morgan fingerprint density at radius 2 is 0.894 bits per heavy atom. The molecule has 0 saturated carbocycles. The number of amides is 1. The zero-order valence-electron chi connectivity index (χ0n) is 42.3. The summed E-state index contributed by atoms with van der Waals surface area (Å²) < 4.78 is 11.2. The van der Waals surface area contributed by atoms with Crippen LogP contribution in [0.4, 0.5) is 0 Å². The van der Waals surface area contributed by atoms with Crippen molar-refractivity contribution < 1.29 is 44.9 Å². The van der Waals surface area contributed by atoms with Crippen LogP contribution in [0.1, 0.15) is 239 Å². The van der Waals surface area contributed by atoms with Crippen LogP contribution in [0, 0.1) is 0 Å². The Hall–Kier alpha value is -1.89. The van der Waals surface area contributed by atoms with E-state index < -0.39 is 61.5 Å². The van der Waals surface area contributed by atoms with E-state index in [-0.39, 0.29) is 6.61 Å². The second kappa shape index (κ2) is 45.5. The van der Waals surface area contributed by atoms with Gasteiger partial charge in [-0.25, -0.2) is 0 Å². The highest BCUT2D eigenvalue weighted by Gasteiger charge is 2.44. The van der Waals surface area contributed by atoms with Gasteiger partial charge in [0.25, 0.3) is 0 Å². The Kier molecular flexibility index (Phi) is 42.9. The predicted octanol–water partition coefficient (Wildman–Crippen LogP) is 11.9. The summed E-state index contributed by atoms with van der Waals surface area (Å²) in [6.07, 6.45) is 49.2. The van der Waals surface area contributed by atoms with Gasteiger partial charge in [-0.15, -0.1) is 0 Å². The van der Waals surface area contributed by atoms with Crippen molar-refractivity contribution in [2.45, 2.75) is 288 Å². The molecule has 0 bridgehead atoms. The molecule has 1 aliphatic heterocycles. The summed E-state index contributed by atoms with van der Waals surface area (Å²) in [4.78, 5) is 13.1. The molecule has 1 fully saturated rings. The van der Waals surface area contributed by atoms with Crippen LogP contribution in [0.25, 0.3) is 0 Å². The fraction of sp³-hybridized carbons (Fsp3) is 0.839. The van der Waals surface area contributed by atoms with Crippen molar-refractivity contribution in [3.63, 3.8) is 0 Å². The molecule has 66 heavy (non-hydrogen) atoms. The van der Waals surface area contributed by atoms with E-state index in [0.717, 1.165) is 44.9 Å². The van der Waals surface area contributed by atoms with E-state index in [1.807, 2.05) is 6.08 Å². The minimum atomic E-state index is -1.62. The van der Waals surface area contributed by atoms with Gasteiger partial charge in [0.05, 0.1) is 25.4 Å². The van der Waals surface area contributed by atoms with Gasteiger partial charge in [-0.3, -0.25) is 4.79 Å². The molecule has 0 spiro atoms. The zero-order valence-corrected chi connectivity index (χ0v) is 42.3. The van der Waals surface area contributed by atoms with Crippen molar-refractivity contribution in [2.24, 2.45) is 0 Å². The number of nitrogens with one attached hydrogen (secondary N) is 1. The summed E-state index contributed by atoms with van der Waals surface area (Å²) >= 11 is 0. The van der Waals surface area contributed by atoms with Crippen LogP contribution in [0.3, 0.4) is 0 Å². The molecule has 0 radical (unpaired) electrons. The monoisotopic (exact) mass is 934 g/mol. The van der Waals surface area contributed by atoms with Crippen LogP contribution in [0.2, 0.25) is 0 Å². The second-order valence-electron chi connectivity index (χ2n) is 19.1. The molecule has 0 aromatic heterocycles. The minimum absolute atomic E-state index is 0.297. The van der Waals surface area contributed by atoms with E-state index in [1.54, 1.807) is 6.08 Å². The summed E-state index contributed by atoms with van der Waals surface area (Å²) in [7, 11) is 0. The Balaban J connectivity index is 2.32. The van der Waals surface area contributed by atoms with Crippen molar-refractivity contribution in [1.29, 1.82) is 0 Å². The number of carbonyl (C=O) groups excluding carboxylic acids is 1. The average Bonchev–Trinajstić information content (AvgIpc) is 3.32. The van der Waals surface area contributed by atoms with E-state index in [2.05, 4.69) is 55.6 Å². The predicted molar refractivity (Wildman–Crippen MR) is 273 cm³/mol.